The van der Waals surface area contributed by atoms with E-state index in [1.807, 2.05) is 4.57 Å². The normalized spacial score (nSPS) is 11.0. The van der Waals surface area contributed by atoms with Crippen LogP contribution in [0, 0.1) is 6.92 Å². The zero-order chi connectivity index (χ0) is 12.5. The van der Waals surface area contributed by atoms with E-state index in [2.05, 4.69) is 46.1 Å². The van der Waals surface area contributed by atoms with Crippen molar-refractivity contribution < 1.29 is 0 Å². The Labute approximate surface area is 109 Å². The molecule has 0 aliphatic rings. The lowest BCUT2D eigenvalue weighted by Crippen LogP contribution is -1.99. The molecule has 0 atom stereocenters. The molecule has 0 radical (unpaired) electrons. The topological polar surface area (TPSA) is 43.6 Å². The molecule has 90 valence electrons. The van der Waals surface area contributed by atoms with Gasteiger partial charge < -0.3 is 4.57 Å². The van der Waals surface area contributed by atoms with Crippen LogP contribution < -0.4 is 0 Å². The molecule has 2 aromatic heterocycles. The molecule has 18 heavy (non-hydrogen) atoms. The fourth-order valence-electron chi connectivity index (χ4n) is 1.86. The number of aryl methyl sites for hydroxylation is 1. The molecule has 0 aliphatic carbocycles. The van der Waals surface area contributed by atoms with Crippen LogP contribution in [-0.2, 0) is 6.54 Å². The summed E-state index contributed by atoms with van der Waals surface area (Å²) in [6.45, 7) is 2.80. The van der Waals surface area contributed by atoms with Crippen molar-refractivity contribution in [1.82, 2.24) is 19.5 Å². The number of rotatable bonds is 2. The summed E-state index contributed by atoms with van der Waals surface area (Å²) in [5, 5.41) is 0.391. The third-order valence-corrected chi connectivity index (χ3v) is 3.11. The number of benzene rings is 1. The average Bonchev–Trinajstić information content (AvgIpc) is 2.77. The number of aromatic nitrogens is 4. The molecule has 0 saturated heterocycles. The summed E-state index contributed by atoms with van der Waals surface area (Å²) in [6, 6.07) is 8.39. The van der Waals surface area contributed by atoms with Gasteiger partial charge in [-0.15, -0.1) is 0 Å². The fourth-order valence-corrected chi connectivity index (χ4v) is 2.03. The molecule has 0 N–H and O–H groups in total. The molecule has 2 heterocycles. The van der Waals surface area contributed by atoms with E-state index in [4.69, 9.17) is 11.6 Å². The zero-order valence-corrected chi connectivity index (χ0v) is 10.6. The minimum absolute atomic E-state index is 0.391. The summed E-state index contributed by atoms with van der Waals surface area (Å²) in [7, 11) is 0. The van der Waals surface area contributed by atoms with Crippen molar-refractivity contribution in [2.75, 3.05) is 0 Å². The minimum Gasteiger partial charge on any atom is -0.311 e. The number of fused-ring (bicyclic) bond motifs is 1. The van der Waals surface area contributed by atoms with Crippen LogP contribution in [0.4, 0.5) is 0 Å². The van der Waals surface area contributed by atoms with Crippen LogP contribution in [0.2, 0.25) is 5.15 Å². The lowest BCUT2D eigenvalue weighted by Gasteiger charge is -2.04. The summed E-state index contributed by atoms with van der Waals surface area (Å²) >= 11 is 5.97. The van der Waals surface area contributed by atoms with Crippen molar-refractivity contribution in [3.8, 4) is 0 Å². The predicted octanol–water partition coefficient (Wildman–Crippen LogP) is 2.84. The lowest BCUT2D eigenvalue weighted by molar-refractivity contribution is 0.813. The Bertz CT molecular complexity index is 688. The second kappa shape index (κ2) is 4.38. The highest BCUT2D eigenvalue weighted by Gasteiger charge is 2.08. The Morgan fingerprint density at radius 1 is 1.11 bits per heavy atom. The maximum atomic E-state index is 5.97. The highest BCUT2D eigenvalue weighted by Crippen LogP contribution is 2.18. The second-order valence-corrected chi connectivity index (χ2v) is 4.55. The van der Waals surface area contributed by atoms with E-state index >= 15 is 0 Å². The summed E-state index contributed by atoms with van der Waals surface area (Å²) in [6.07, 6.45) is 3.20. The molecule has 0 unspecified atom stereocenters. The number of nitrogens with zero attached hydrogens (tertiary/aromatic N) is 4. The van der Waals surface area contributed by atoms with Gasteiger partial charge in [-0.3, -0.25) is 0 Å². The lowest BCUT2D eigenvalue weighted by atomic mass is 10.1. The van der Waals surface area contributed by atoms with Crippen molar-refractivity contribution in [1.29, 1.82) is 0 Å². The molecule has 1 aromatic carbocycles. The first-order valence-corrected chi connectivity index (χ1v) is 5.99. The van der Waals surface area contributed by atoms with E-state index in [1.54, 1.807) is 6.33 Å². The van der Waals surface area contributed by atoms with Crippen LogP contribution in [0.15, 0.2) is 36.9 Å². The molecular weight excluding hydrogens is 248 g/mol. The average molecular weight is 259 g/mol. The van der Waals surface area contributed by atoms with Gasteiger partial charge in [0.05, 0.1) is 12.9 Å². The van der Waals surface area contributed by atoms with Gasteiger partial charge in [0, 0.05) is 0 Å². The van der Waals surface area contributed by atoms with Crippen molar-refractivity contribution in [3.63, 3.8) is 0 Å². The van der Waals surface area contributed by atoms with Crippen LogP contribution in [0.1, 0.15) is 11.1 Å². The molecule has 3 aromatic rings. The first kappa shape index (κ1) is 11.2. The quantitative estimate of drug-likeness (QED) is 0.664. The van der Waals surface area contributed by atoms with E-state index in [1.165, 1.54) is 17.5 Å². The van der Waals surface area contributed by atoms with Gasteiger partial charge in [0.2, 0.25) is 0 Å². The first-order valence-electron chi connectivity index (χ1n) is 5.61. The Balaban J connectivity index is 2.00. The molecule has 0 amide bonds. The smallest absolute Gasteiger partial charge is 0.165 e. The summed E-state index contributed by atoms with van der Waals surface area (Å²) in [5.41, 5.74) is 3.86. The Morgan fingerprint density at radius 3 is 2.67 bits per heavy atom. The highest BCUT2D eigenvalue weighted by atomic mass is 35.5. The van der Waals surface area contributed by atoms with Gasteiger partial charge in [0.15, 0.2) is 10.8 Å². The van der Waals surface area contributed by atoms with E-state index < -0.39 is 0 Å². The zero-order valence-electron chi connectivity index (χ0n) is 9.84. The van der Waals surface area contributed by atoms with E-state index in [0.29, 0.717) is 10.7 Å². The molecule has 0 aliphatic heterocycles. The van der Waals surface area contributed by atoms with Gasteiger partial charge in [-0.1, -0.05) is 41.4 Å². The number of hydrogen-bond acceptors (Lipinski definition) is 3. The first-order chi connectivity index (χ1) is 8.74. The van der Waals surface area contributed by atoms with Crippen LogP contribution in [0.5, 0.6) is 0 Å². The Kier molecular flexibility index (Phi) is 2.72. The highest BCUT2D eigenvalue weighted by molar-refractivity contribution is 6.33. The molecule has 4 nitrogen and oxygen atoms in total. The van der Waals surface area contributed by atoms with E-state index in [0.717, 1.165) is 12.2 Å². The Morgan fingerprint density at radius 2 is 1.89 bits per heavy atom. The third kappa shape index (κ3) is 1.95. The Hall–Kier alpha value is -1.94. The van der Waals surface area contributed by atoms with Gasteiger partial charge in [0.25, 0.3) is 0 Å². The second-order valence-electron chi connectivity index (χ2n) is 4.19. The van der Waals surface area contributed by atoms with E-state index in [9.17, 15) is 0 Å². The van der Waals surface area contributed by atoms with Gasteiger partial charge in [-0.2, -0.15) is 0 Å². The molecule has 0 fully saturated rings. The van der Waals surface area contributed by atoms with Gasteiger partial charge in [-0.25, -0.2) is 15.0 Å². The van der Waals surface area contributed by atoms with Crippen LogP contribution in [-0.4, -0.2) is 19.5 Å². The molecule has 0 bridgehead atoms. The molecular formula is C13H11ClN4. The molecule has 0 spiro atoms. The number of imidazole rings is 1. The summed E-state index contributed by atoms with van der Waals surface area (Å²) in [5.74, 6) is 0. The molecule has 3 rings (SSSR count). The monoisotopic (exact) mass is 258 g/mol. The largest absolute Gasteiger partial charge is 0.311 e. The van der Waals surface area contributed by atoms with Crippen molar-refractivity contribution in [2.24, 2.45) is 0 Å². The van der Waals surface area contributed by atoms with Crippen molar-refractivity contribution in [2.45, 2.75) is 13.5 Å². The maximum absolute atomic E-state index is 5.97. The van der Waals surface area contributed by atoms with Gasteiger partial charge >= 0.3 is 0 Å². The van der Waals surface area contributed by atoms with Gasteiger partial charge in [-0.05, 0) is 12.5 Å². The van der Waals surface area contributed by atoms with Crippen LogP contribution in [0.3, 0.4) is 0 Å². The summed E-state index contributed by atoms with van der Waals surface area (Å²) in [4.78, 5) is 12.4. The fraction of sp³-hybridized carbons (Fsp3) is 0.154. The van der Waals surface area contributed by atoms with Crippen molar-refractivity contribution in [3.05, 3.63) is 53.2 Å². The number of hydrogen-bond donors (Lipinski definition) is 0. The molecule has 5 heteroatoms. The SMILES string of the molecule is Cc1ccc(Cn2cnc3c(Cl)ncnc32)cc1. The van der Waals surface area contributed by atoms with Gasteiger partial charge in [0.1, 0.15) is 11.8 Å². The predicted molar refractivity (Wildman–Crippen MR) is 70.6 cm³/mol. The maximum Gasteiger partial charge on any atom is 0.165 e. The van der Waals surface area contributed by atoms with Crippen molar-refractivity contribution >= 4 is 22.8 Å². The standard InChI is InChI=1S/C13H11ClN4/c1-9-2-4-10(5-3-9)6-18-8-17-11-12(14)15-7-16-13(11)18/h2-5,7-8H,6H2,1H3. The minimum atomic E-state index is 0.391. The number of halogens is 1. The third-order valence-electron chi connectivity index (χ3n) is 2.83. The summed E-state index contributed by atoms with van der Waals surface area (Å²) < 4.78 is 1.97. The van der Waals surface area contributed by atoms with Crippen LogP contribution in [0.25, 0.3) is 11.2 Å². The van der Waals surface area contributed by atoms with E-state index in [-0.39, 0.29) is 0 Å². The van der Waals surface area contributed by atoms with Crippen LogP contribution >= 0.6 is 11.6 Å². The molecule has 0 saturated carbocycles.